The zero-order valence-corrected chi connectivity index (χ0v) is 14.0. The van der Waals surface area contributed by atoms with Crippen molar-refractivity contribution in [3.8, 4) is 0 Å². The van der Waals surface area contributed by atoms with Gasteiger partial charge in [-0.15, -0.1) is 0 Å². The lowest BCUT2D eigenvalue weighted by Gasteiger charge is -2.35. The predicted molar refractivity (Wildman–Crippen MR) is 92.6 cm³/mol. The van der Waals surface area contributed by atoms with Crippen LogP contribution >= 0.6 is 23.5 Å². The third-order valence-corrected chi connectivity index (χ3v) is 6.91. The Bertz CT molecular complexity index is 414. The highest BCUT2D eigenvalue weighted by atomic mass is 32.2. The normalized spacial score (nSPS) is 24.5. The first kappa shape index (κ1) is 16.0. The first-order valence-corrected chi connectivity index (χ1v) is 9.48. The molecule has 1 fully saturated rings. The fourth-order valence-corrected chi connectivity index (χ4v) is 5.55. The SMILES string of the molecule is CCCNC(Cc1cccnc1N)C1SCCSC1C. The summed E-state index contributed by atoms with van der Waals surface area (Å²) in [6, 6.07) is 4.57. The van der Waals surface area contributed by atoms with Crippen LogP contribution in [0.2, 0.25) is 0 Å². The summed E-state index contributed by atoms with van der Waals surface area (Å²) in [5.74, 6) is 3.21. The number of hydrogen-bond acceptors (Lipinski definition) is 5. The van der Waals surface area contributed by atoms with Gasteiger partial charge >= 0.3 is 0 Å². The van der Waals surface area contributed by atoms with E-state index in [1.54, 1.807) is 6.20 Å². The summed E-state index contributed by atoms with van der Waals surface area (Å²) in [6.45, 7) is 5.64. The van der Waals surface area contributed by atoms with Crippen LogP contribution in [0.15, 0.2) is 18.3 Å². The van der Waals surface area contributed by atoms with Crippen LogP contribution in [-0.4, -0.2) is 39.6 Å². The molecule has 0 amide bonds. The minimum absolute atomic E-state index is 0.481. The zero-order valence-electron chi connectivity index (χ0n) is 12.3. The maximum absolute atomic E-state index is 6.01. The Labute approximate surface area is 130 Å². The van der Waals surface area contributed by atoms with Crippen LogP contribution in [0.1, 0.15) is 25.8 Å². The van der Waals surface area contributed by atoms with Crippen LogP contribution < -0.4 is 11.1 Å². The molecule has 1 saturated heterocycles. The van der Waals surface area contributed by atoms with Gasteiger partial charge in [-0.05, 0) is 31.0 Å². The molecule has 3 nitrogen and oxygen atoms in total. The maximum Gasteiger partial charge on any atom is 0.126 e. The van der Waals surface area contributed by atoms with Gasteiger partial charge in [-0.2, -0.15) is 23.5 Å². The molecule has 0 aromatic carbocycles. The second kappa shape index (κ2) is 8.15. The van der Waals surface area contributed by atoms with E-state index < -0.39 is 0 Å². The van der Waals surface area contributed by atoms with E-state index in [0.717, 1.165) is 19.4 Å². The van der Waals surface area contributed by atoms with E-state index in [0.29, 0.717) is 22.4 Å². The van der Waals surface area contributed by atoms with E-state index in [1.165, 1.54) is 17.1 Å². The fourth-order valence-electron chi connectivity index (χ4n) is 2.59. The van der Waals surface area contributed by atoms with Crippen molar-refractivity contribution < 1.29 is 0 Å². The lowest BCUT2D eigenvalue weighted by molar-refractivity contribution is 0.487. The van der Waals surface area contributed by atoms with Crippen molar-refractivity contribution in [2.24, 2.45) is 0 Å². The van der Waals surface area contributed by atoms with Crippen molar-refractivity contribution >= 4 is 29.3 Å². The average Bonchev–Trinajstić information content (AvgIpc) is 2.46. The standard InChI is InChI=1S/C15H25N3S2/c1-3-6-17-13(14-11(2)19-8-9-20-14)10-12-5-4-7-18-15(12)16/h4-5,7,11,13-14,17H,3,6,8-10H2,1-2H3,(H2,16,18). The number of nitrogens with one attached hydrogen (secondary N) is 1. The molecule has 5 heteroatoms. The third-order valence-electron chi connectivity index (χ3n) is 3.66. The van der Waals surface area contributed by atoms with Gasteiger partial charge in [0, 0.05) is 34.2 Å². The van der Waals surface area contributed by atoms with Crippen molar-refractivity contribution in [1.82, 2.24) is 10.3 Å². The number of pyridine rings is 1. The Kier molecular flexibility index (Phi) is 6.52. The Balaban J connectivity index is 2.08. The predicted octanol–water partition coefficient (Wildman–Crippen LogP) is 2.81. The van der Waals surface area contributed by atoms with Gasteiger partial charge < -0.3 is 11.1 Å². The molecule has 3 unspecified atom stereocenters. The molecule has 0 saturated carbocycles. The van der Waals surface area contributed by atoms with Gasteiger partial charge in [-0.25, -0.2) is 4.98 Å². The number of thioether (sulfide) groups is 2. The molecule has 112 valence electrons. The molecular weight excluding hydrogens is 286 g/mol. The first-order valence-electron chi connectivity index (χ1n) is 7.38. The lowest BCUT2D eigenvalue weighted by atomic mass is 10.0. The second-order valence-corrected chi connectivity index (χ2v) is 7.99. The molecule has 1 aromatic rings. The lowest BCUT2D eigenvalue weighted by Crippen LogP contribution is -2.46. The van der Waals surface area contributed by atoms with Crippen molar-refractivity contribution in [1.29, 1.82) is 0 Å². The van der Waals surface area contributed by atoms with Gasteiger partial charge in [-0.3, -0.25) is 0 Å². The van der Waals surface area contributed by atoms with Crippen LogP contribution in [0.3, 0.4) is 0 Å². The number of aromatic nitrogens is 1. The summed E-state index contributed by atoms with van der Waals surface area (Å²) in [4.78, 5) is 4.21. The Hall–Kier alpha value is -0.390. The number of nitrogen functional groups attached to an aromatic ring is 1. The molecule has 2 heterocycles. The molecule has 0 aliphatic carbocycles. The van der Waals surface area contributed by atoms with E-state index in [4.69, 9.17) is 5.73 Å². The summed E-state index contributed by atoms with van der Waals surface area (Å²) < 4.78 is 0. The molecule has 1 aliphatic rings. The van der Waals surface area contributed by atoms with Gasteiger partial charge in [0.15, 0.2) is 0 Å². The Morgan fingerprint density at radius 2 is 2.25 bits per heavy atom. The third kappa shape index (κ3) is 4.30. The molecule has 1 aliphatic heterocycles. The van der Waals surface area contributed by atoms with Crippen LogP contribution in [0.4, 0.5) is 5.82 Å². The Morgan fingerprint density at radius 1 is 1.45 bits per heavy atom. The summed E-state index contributed by atoms with van der Waals surface area (Å²) in [6.07, 6.45) is 3.90. The minimum atomic E-state index is 0.481. The largest absolute Gasteiger partial charge is 0.383 e. The van der Waals surface area contributed by atoms with Gasteiger partial charge in [0.05, 0.1) is 0 Å². The molecule has 1 aromatic heterocycles. The zero-order chi connectivity index (χ0) is 14.4. The van der Waals surface area contributed by atoms with Crippen LogP contribution in [-0.2, 0) is 6.42 Å². The molecule has 3 atom stereocenters. The van der Waals surface area contributed by atoms with Crippen molar-refractivity contribution in [2.75, 3.05) is 23.8 Å². The smallest absolute Gasteiger partial charge is 0.126 e. The molecule has 0 radical (unpaired) electrons. The maximum atomic E-state index is 6.01. The number of rotatable bonds is 6. The summed E-state index contributed by atoms with van der Waals surface area (Å²) in [5, 5.41) is 5.08. The number of nitrogens with zero attached hydrogens (tertiary/aromatic N) is 1. The highest BCUT2D eigenvalue weighted by molar-refractivity contribution is 8.07. The van der Waals surface area contributed by atoms with Gasteiger partial charge in [-0.1, -0.05) is 19.9 Å². The van der Waals surface area contributed by atoms with E-state index in [-0.39, 0.29) is 0 Å². The highest BCUT2D eigenvalue weighted by Gasteiger charge is 2.30. The molecule has 3 N–H and O–H groups in total. The quantitative estimate of drug-likeness (QED) is 0.846. The van der Waals surface area contributed by atoms with E-state index in [2.05, 4.69) is 53.7 Å². The topological polar surface area (TPSA) is 50.9 Å². The number of anilines is 1. The summed E-state index contributed by atoms with van der Waals surface area (Å²) in [5.41, 5.74) is 7.18. The molecular formula is C15H25N3S2. The van der Waals surface area contributed by atoms with Gasteiger partial charge in [0.25, 0.3) is 0 Å². The molecule has 0 spiro atoms. The van der Waals surface area contributed by atoms with E-state index >= 15 is 0 Å². The van der Waals surface area contributed by atoms with Crippen molar-refractivity contribution in [3.05, 3.63) is 23.9 Å². The summed E-state index contributed by atoms with van der Waals surface area (Å²) in [7, 11) is 0. The summed E-state index contributed by atoms with van der Waals surface area (Å²) >= 11 is 4.21. The Morgan fingerprint density at radius 3 is 2.95 bits per heavy atom. The number of hydrogen-bond donors (Lipinski definition) is 2. The fraction of sp³-hybridized carbons (Fsp3) is 0.667. The van der Waals surface area contributed by atoms with Crippen LogP contribution in [0, 0.1) is 0 Å². The van der Waals surface area contributed by atoms with Gasteiger partial charge in [0.2, 0.25) is 0 Å². The molecule has 2 rings (SSSR count). The highest BCUT2D eigenvalue weighted by Crippen LogP contribution is 2.34. The van der Waals surface area contributed by atoms with E-state index in [1.807, 2.05) is 6.07 Å². The molecule has 0 bridgehead atoms. The van der Waals surface area contributed by atoms with Gasteiger partial charge in [0.1, 0.15) is 5.82 Å². The second-order valence-electron chi connectivity index (χ2n) is 5.22. The van der Waals surface area contributed by atoms with E-state index in [9.17, 15) is 0 Å². The van der Waals surface area contributed by atoms with Crippen molar-refractivity contribution in [2.45, 2.75) is 43.2 Å². The van der Waals surface area contributed by atoms with Crippen LogP contribution in [0.25, 0.3) is 0 Å². The molecule has 20 heavy (non-hydrogen) atoms. The monoisotopic (exact) mass is 311 g/mol. The minimum Gasteiger partial charge on any atom is -0.383 e. The average molecular weight is 312 g/mol. The van der Waals surface area contributed by atoms with Crippen molar-refractivity contribution in [3.63, 3.8) is 0 Å². The first-order chi connectivity index (χ1) is 9.72. The number of nitrogens with two attached hydrogens (primary N) is 1. The van der Waals surface area contributed by atoms with Crippen LogP contribution in [0.5, 0.6) is 0 Å².